The fourth-order valence-corrected chi connectivity index (χ4v) is 2.95. The molecule has 102 valence electrons. The molecule has 4 heteroatoms. The fourth-order valence-electron chi connectivity index (χ4n) is 2.38. The summed E-state index contributed by atoms with van der Waals surface area (Å²) in [5, 5.41) is 0. The molecule has 0 radical (unpaired) electrons. The third-order valence-electron chi connectivity index (χ3n) is 3.40. The van der Waals surface area contributed by atoms with Crippen LogP contribution in [-0.4, -0.2) is 16.5 Å². The van der Waals surface area contributed by atoms with E-state index in [1.165, 1.54) is 5.56 Å². The molecule has 0 saturated carbocycles. The van der Waals surface area contributed by atoms with Crippen LogP contribution >= 0.6 is 15.9 Å². The summed E-state index contributed by atoms with van der Waals surface area (Å²) in [5.74, 6) is 0.903. The van der Waals surface area contributed by atoms with Gasteiger partial charge in [0.1, 0.15) is 5.82 Å². The number of fused-ring (bicyclic) bond motifs is 1. The standard InChI is InChI=1S/C16H16BrN3/c1-10-8-13(17)9-14-15(10)20-16(19-14)12-4-2-11(3-5-12)6-7-18/h2-5,8-9H,6-7,18H2,1H3,(H,19,20). The number of nitrogens with one attached hydrogen (secondary N) is 1. The summed E-state index contributed by atoms with van der Waals surface area (Å²) < 4.78 is 1.07. The van der Waals surface area contributed by atoms with Crippen LogP contribution in [-0.2, 0) is 6.42 Å². The van der Waals surface area contributed by atoms with Crippen molar-refractivity contribution in [1.82, 2.24) is 9.97 Å². The molecule has 3 rings (SSSR count). The number of halogens is 1. The normalized spacial score (nSPS) is 11.2. The zero-order valence-corrected chi connectivity index (χ0v) is 12.9. The molecule has 0 aliphatic heterocycles. The third-order valence-corrected chi connectivity index (χ3v) is 3.86. The summed E-state index contributed by atoms with van der Waals surface area (Å²) in [5.41, 5.74) is 11.2. The van der Waals surface area contributed by atoms with Crippen molar-refractivity contribution in [3.63, 3.8) is 0 Å². The largest absolute Gasteiger partial charge is 0.338 e. The minimum absolute atomic E-state index is 0.678. The molecule has 0 fully saturated rings. The first-order chi connectivity index (χ1) is 9.67. The highest BCUT2D eigenvalue weighted by Crippen LogP contribution is 2.26. The lowest BCUT2D eigenvalue weighted by atomic mass is 10.1. The van der Waals surface area contributed by atoms with E-state index >= 15 is 0 Å². The van der Waals surface area contributed by atoms with Gasteiger partial charge < -0.3 is 10.7 Å². The van der Waals surface area contributed by atoms with Crippen molar-refractivity contribution in [2.24, 2.45) is 5.73 Å². The SMILES string of the molecule is Cc1cc(Br)cc2[nH]c(-c3ccc(CCN)cc3)nc12. The average Bonchev–Trinajstić information content (AvgIpc) is 2.84. The number of imidazole rings is 1. The van der Waals surface area contributed by atoms with Gasteiger partial charge in [-0.15, -0.1) is 0 Å². The number of aromatic amines is 1. The first-order valence-electron chi connectivity index (χ1n) is 6.62. The van der Waals surface area contributed by atoms with Gasteiger partial charge in [0.2, 0.25) is 0 Å². The van der Waals surface area contributed by atoms with Gasteiger partial charge in [-0.25, -0.2) is 4.98 Å². The Hall–Kier alpha value is -1.65. The Morgan fingerprint density at radius 2 is 1.95 bits per heavy atom. The predicted molar refractivity (Wildman–Crippen MR) is 86.7 cm³/mol. The topological polar surface area (TPSA) is 54.7 Å². The minimum atomic E-state index is 0.678. The van der Waals surface area contributed by atoms with Crippen LogP contribution in [0.4, 0.5) is 0 Å². The Bertz CT molecular complexity index is 744. The summed E-state index contributed by atoms with van der Waals surface area (Å²) in [6.45, 7) is 2.75. The van der Waals surface area contributed by atoms with Gasteiger partial charge >= 0.3 is 0 Å². The van der Waals surface area contributed by atoms with Crippen LogP contribution in [0.1, 0.15) is 11.1 Å². The van der Waals surface area contributed by atoms with Crippen molar-refractivity contribution in [3.8, 4) is 11.4 Å². The second kappa shape index (κ2) is 5.38. The van der Waals surface area contributed by atoms with Gasteiger partial charge in [0.25, 0.3) is 0 Å². The highest BCUT2D eigenvalue weighted by atomic mass is 79.9. The molecule has 0 atom stereocenters. The van der Waals surface area contributed by atoms with Crippen molar-refractivity contribution in [2.45, 2.75) is 13.3 Å². The van der Waals surface area contributed by atoms with E-state index in [0.717, 1.165) is 38.9 Å². The van der Waals surface area contributed by atoms with E-state index < -0.39 is 0 Å². The number of H-pyrrole nitrogens is 1. The summed E-state index contributed by atoms with van der Waals surface area (Å²) >= 11 is 3.52. The molecule has 0 amide bonds. The van der Waals surface area contributed by atoms with E-state index in [-0.39, 0.29) is 0 Å². The molecule has 1 heterocycles. The molecule has 0 aliphatic rings. The van der Waals surface area contributed by atoms with E-state index in [1.54, 1.807) is 0 Å². The van der Waals surface area contributed by atoms with Gasteiger partial charge in [0.15, 0.2) is 0 Å². The highest BCUT2D eigenvalue weighted by molar-refractivity contribution is 9.10. The summed E-state index contributed by atoms with van der Waals surface area (Å²) in [6.07, 6.45) is 0.909. The van der Waals surface area contributed by atoms with Crippen LogP contribution < -0.4 is 5.73 Å². The fraction of sp³-hybridized carbons (Fsp3) is 0.188. The number of nitrogens with two attached hydrogens (primary N) is 1. The summed E-state index contributed by atoms with van der Waals surface area (Å²) in [6, 6.07) is 12.5. The van der Waals surface area contributed by atoms with Crippen LogP contribution in [0.3, 0.4) is 0 Å². The molecule has 0 unspecified atom stereocenters. The van der Waals surface area contributed by atoms with Crippen molar-refractivity contribution in [3.05, 3.63) is 52.0 Å². The van der Waals surface area contributed by atoms with Gasteiger partial charge in [-0.3, -0.25) is 0 Å². The maximum Gasteiger partial charge on any atom is 0.138 e. The Kier molecular flexibility index (Phi) is 3.59. The van der Waals surface area contributed by atoms with E-state index in [2.05, 4.69) is 64.2 Å². The molecule has 3 N–H and O–H groups in total. The quantitative estimate of drug-likeness (QED) is 0.767. The van der Waals surface area contributed by atoms with E-state index in [9.17, 15) is 0 Å². The number of benzene rings is 2. The molecule has 3 nitrogen and oxygen atoms in total. The number of aryl methyl sites for hydroxylation is 1. The van der Waals surface area contributed by atoms with E-state index in [4.69, 9.17) is 10.7 Å². The molecule has 1 aromatic heterocycles. The third kappa shape index (κ3) is 2.49. The second-order valence-electron chi connectivity index (χ2n) is 4.94. The van der Waals surface area contributed by atoms with E-state index in [0.29, 0.717) is 6.54 Å². The Labute approximate surface area is 126 Å². The zero-order valence-electron chi connectivity index (χ0n) is 11.3. The van der Waals surface area contributed by atoms with Crippen molar-refractivity contribution < 1.29 is 0 Å². The number of rotatable bonds is 3. The maximum absolute atomic E-state index is 5.57. The Morgan fingerprint density at radius 1 is 1.20 bits per heavy atom. The van der Waals surface area contributed by atoms with Crippen LogP contribution in [0.25, 0.3) is 22.4 Å². The van der Waals surface area contributed by atoms with Gasteiger partial charge in [-0.05, 0) is 43.1 Å². The smallest absolute Gasteiger partial charge is 0.138 e. The molecule has 3 aromatic rings. The molecule has 0 bridgehead atoms. The van der Waals surface area contributed by atoms with Gasteiger partial charge in [0, 0.05) is 10.0 Å². The van der Waals surface area contributed by atoms with E-state index in [1.807, 2.05) is 0 Å². The average molecular weight is 330 g/mol. The summed E-state index contributed by atoms with van der Waals surface area (Å²) in [4.78, 5) is 8.08. The zero-order chi connectivity index (χ0) is 14.1. The van der Waals surface area contributed by atoms with Crippen LogP contribution in [0.15, 0.2) is 40.9 Å². The molecule has 0 aliphatic carbocycles. The monoisotopic (exact) mass is 329 g/mol. The molecule has 2 aromatic carbocycles. The summed E-state index contributed by atoms with van der Waals surface area (Å²) in [7, 11) is 0. The molecular formula is C16H16BrN3. The lowest BCUT2D eigenvalue weighted by molar-refractivity contribution is 0.969. The van der Waals surface area contributed by atoms with Crippen LogP contribution in [0, 0.1) is 6.92 Å². The second-order valence-corrected chi connectivity index (χ2v) is 5.86. The maximum atomic E-state index is 5.57. The predicted octanol–water partition coefficient (Wildman–Crippen LogP) is 3.80. The van der Waals surface area contributed by atoms with Crippen LogP contribution in [0.2, 0.25) is 0 Å². The first-order valence-corrected chi connectivity index (χ1v) is 7.42. The molecule has 0 saturated heterocycles. The van der Waals surface area contributed by atoms with Crippen molar-refractivity contribution >= 4 is 27.0 Å². The first kappa shape index (κ1) is 13.3. The van der Waals surface area contributed by atoms with Crippen molar-refractivity contribution in [1.29, 1.82) is 0 Å². The number of nitrogens with zero attached hydrogens (tertiary/aromatic N) is 1. The van der Waals surface area contributed by atoms with Crippen LogP contribution in [0.5, 0.6) is 0 Å². The minimum Gasteiger partial charge on any atom is -0.338 e. The Morgan fingerprint density at radius 3 is 2.65 bits per heavy atom. The number of hydrogen-bond acceptors (Lipinski definition) is 2. The Balaban J connectivity index is 2.03. The van der Waals surface area contributed by atoms with Gasteiger partial charge in [0.05, 0.1) is 11.0 Å². The van der Waals surface area contributed by atoms with Gasteiger partial charge in [-0.2, -0.15) is 0 Å². The number of hydrogen-bond donors (Lipinski definition) is 2. The molecular weight excluding hydrogens is 314 g/mol. The lowest BCUT2D eigenvalue weighted by Gasteiger charge is -2.00. The molecule has 0 spiro atoms. The molecule has 20 heavy (non-hydrogen) atoms. The highest BCUT2D eigenvalue weighted by Gasteiger charge is 2.08. The number of aromatic nitrogens is 2. The van der Waals surface area contributed by atoms with Gasteiger partial charge in [-0.1, -0.05) is 40.2 Å². The lowest BCUT2D eigenvalue weighted by Crippen LogP contribution is -2.02. The van der Waals surface area contributed by atoms with Crippen molar-refractivity contribution in [2.75, 3.05) is 6.54 Å².